The van der Waals surface area contributed by atoms with Gasteiger partial charge in [-0.25, -0.2) is 0 Å². The molecule has 18 heavy (non-hydrogen) atoms. The Balaban J connectivity index is 2.42. The fourth-order valence-electron chi connectivity index (χ4n) is 1.75. The van der Waals surface area contributed by atoms with Gasteiger partial charge in [0.1, 0.15) is 0 Å². The van der Waals surface area contributed by atoms with Gasteiger partial charge in [0.05, 0.1) is 16.2 Å². The zero-order chi connectivity index (χ0) is 13.6. The largest absolute Gasteiger partial charge is 0.497 e. The molecule has 0 aromatic carbocycles. The number of aromatic nitrogens is 1. The summed E-state index contributed by atoms with van der Waals surface area (Å²) in [6.07, 6.45) is 8.64. The second-order valence-electron chi connectivity index (χ2n) is 5.32. The molecule has 1 aromatic heterocycles. The van der Waals surface area contributed by atoms with Gasteiger partial charge in [-0.15, -0.1) is 6.42 Å². The number of hydrogen-bond acceptors (Lipinski definition) is 3. The van der Waals surface area contributed by atoms with Gasteiger partial charge in [-0.2, -0.15) is 0 Å². The predicted octanol–water partition coefficient (Wildman–Crippen LogP) is 2.02. The van der Waals surface area contributed by atoms with Gasteiger partial charge < -0.3 is 9.31 Å². The van der Waals surface area contributed by atoms with E-state index in [-0.39, 0.29) is 0 Å². The molecule has 94 valence electrons. The van der Waals surface area contributed by atoms with Crippen molar-refractivity contribution in [3.63, 3.8) is 0 Å². The molecule has 0 atom stereocenters. The first-order valence-electron chi connectivity index (χ1n) is 5.74. The van der Waals surface area contributed by atoms with Crippen molar-refractivity contribution in [1.29, 1.82) is 0 Å². The standard InChI is InChI=1S/C13H15BClNO2/c1-6-9-10(7-16-8-11(9)15)14-17-12(2,3)13(4,5)18-14/h1,7-8H,2-5H3. The first-order chi connectivity index (χ1) is 8.28. The summed E-state index contributed by atoms with van der Waals surface area (Å²) in [7, 11) is -0.535. The molecular formula is C13H15BClNO2. The average molecular weight is 264 g/mol. The van der Waals surface area contributed by atoms with Crippen molar-refractivity contribution in [2.45, 2.75) is 38.9 Å². The SMILES string of the molecule is C#Cc1c(Cl)cncc1B1OC(C)(C)C(C)(C)O1. The highest BCUT2D eigenvalue weighted by molar-refractivity contribution is 6.63. The lowest BCUT2D eigenvalue weighted by atomic mass is 9.77. The van der Waals surface area contributed by atoms with E-state index in [0.717, 1.165) is 0 Å². The molecule has 3 nitrogen and oxygen atoms in total. The summed E-state index contributed by atoms with van der Waals surface area (Å²) >= 11 is 6.03. The molecule has 2 heterocycles. The van der Waals surface area contributed by atoms with Crippen molar-refractivity contribution in [2.75, 3.05) is 0 Å². The van der Waals surface area contributed by atoms with E-state index in [1.807, 2.05) is 27.7 Å². The van der Waals surface area contributed by atoms with Crippen LogP contribution in [0.2, 0.25) is 5.02 Å². The number of rotatable bonds is 1. The van der Waals surface area contributed by atoms with Gasteiger partial charge in [0.15, 0.2) is 0 Å². The van der Waals surface area contributed by atoms with Crippen LogP contribution in [0.4, 0.5) is 0 Å². The first kappa shape index (κ1) is 13.4. The minimum atomic E-state index is -0.535. The fourth-order valence-corrected chi connectivity index (χ4v) is 1.97. The molecule has 0 radical (unpaired) electrons. The van der Waals surface area contributed by atoms with E-state index in [2.05, 4.69) is 10.9 Å². The number of terminal acetylenes is 1. The summed E-state index contributed by atoms with van der Waals surface area (Å²) in [6.45, 7) is 7.95. The molecule has 0 unspecified atom stereocenters. The van der Waals surface area contributed by atoms with E-state index in [0.29, 0.717) is 16.0 Å². The third-order valence-electron chi connectivity index (χ3n) is 3.58. The van der Waals surface area contributed by atoms with Gasteiger partial charge in [-0.05, 0) is 27.7 Å². The Morgan fingerprint density at radius 3 is 2.28 bits per heavy atom. The number of halogens is 1. The molecule has 0 N–H and O–H groups in total. The van der Waals surface area contributed by atoms with Crippen molar-refractivity contribution < 1.29 is 9.31 Å². The molecule has 1 aromatic rings. The Kier molecular flexibility index (Phi) is 3.18. The van der Waals surface area contributed by atoms with Gasteiger partial charge in [-0.1, -0.05) is 17.5 Å². The van der Waals surface area contributed by atoms with Gasteiger partial charge in [0.2, 0.25) is 0 Å². The number of nitrogens with zero attached hydrogens (tertiary/aromatic N) is 1. The summed E-state index contributed by atoms with van der Waals surface area (Å²) in [5.74, 6) is 2.56. The van der Waals surface area contributed by atoms with Crippen molar-refractivity contribution in [3.05, 3.63) is 23.0 Å². The Bertz CT molecular complexity index is 506. The fraction of sp³-hybridized carbons (Fsp3) is 0.462. The van der Waals surface area contributed by atoms with Crippen LogP contribution < -0.4 is 5.46 Å². The van der Waals surface area contributed by atoms with E-state index in [9.17, 15) is 0 Å². The maximum absolute atomic E-state index is 6.03. The van der Waals surface area contributed by atoms with E-state index in [1.165, 1.54) is 6.20 Å². The first-order valence-corrected chi connectivity index (χ1v) is 6.12. The van der Waals surface area contributed by atoms with Crippen LogP contribution in [-0.4, -0.2) is 23.3 Å². The molecule has 1 aliphatic rings. The lowest BCUT2D eigenvalue weighted by Gasteiger charge is -2.32. The molecule has 1 fully saturated rings. The smallest absolute Gasteiger partial charge is 0.399 e. The Hall–Kier alpha value is -1.02. The molecule has 1 saturated heterocycles. The minimum absolute atomic E-state index is 0.411. The molecule has 0 spiro atoms. The van der Waals surface area contributed by atoms with Gasteiger partial charge in [0.25, 0.3) is 0 Å². The lowest BCUT2D eigenvalue weighted by molar-refractivity contribution is 0.00578. The molecule has 0 aliphatic carbocycles. The Morgan fingerprint density at radius 2 is 1.78 bits per heavy atom. The molecule has 2 rings (SSSR count). The Labute approximate surface area is 113 Å². The van der Waals surface area contributed by atoms with Crippen LogP contribution in [0.5, 0.6) is 0 Å². The number of pyridine rings is 1. The van der Waals surface area contributed by atoms with Crippen molar-refractivity contribution >= 4 is 24.2 Å². The second-order valence-corrected chi connectivity index (χ2v) is 5.73. The third-order valence-corrected chi connectivity index (χ3v) is 3.87. The molecular weight excluding hydrogens is 248 g/mol. The van der Waals surface area contributed by atoms with Gasteiger partial charge >= 0.3 is 7.12 Å². The summed E-state index contributed by atoms with van der Waals surface area (Å²) in [5, 5.41) is 0.435. The van der Waals surface area contributed by atoms with Crippen molar-refractivity contribution in [2.24, 2.45) is 0 Å². The monoisotopic (exact) mass is 263 g/mol. The Morgan fingerprint density at radius 1 is 1.22 bits per heavy atom. The van der Waals surface area contributed by atoms with E-state index >= 15 is 0 Å². The van der Waals surface area contributed by atoms with Crippen LogP contribution in [0.3, 0.4) is 0 Å². The molecule has 5 heteroatoms. The van der Waals surface area contributed by atoms with Crippen LogP contribution in [-0.2, 0) is 9.31 Å². The highest BCUT2D eigenvalue weighted by Gasteiger charge is 2.52. The summed E-state index contributed by atoms with van der Waals surface area (Å²) < 4.78 is 11.9. The lowest BCUT2D eigenvalue weighted by Crippen LogP contribution is -2.41. The molecule has 0 bridgehead atoms. The van der Waals surface area contributed by atoms with E-state index in [1.54, 1.807) is 6.20 Å². The van der Waals surface area contributed by atoms with Crippen molar-refractivity contribution in [1.82, 2.24) is 4.98 Å². The van der Waals surface area contributed by atoms with Crippen LogP contribution in [0.25, 0.3) is 0 Å². The predicted molar refractivity (Wildman–Crippen MR) is 72.9 cm³/mol. The number of hydrogen-bond donors (Lipinski definition) is 0. The zero-order valence-corrected chi connectivity index (χ0v) is 11.7. The maximum Gasteiger partial charge on any atom is 0.497 e. The minimum Gasteiger partial charge on any atom is -0.399 e. The summed E-state index contributed by atoms with van der Waals surface area (Å²) in [4.78, 5) is 4.05. The van der Waals surface area contributed by atoms with Crippen LogP contribution >= 0.6 is 11.6 Å². The quantitative estimate of drug-likeness (QED) is 0.574. The van der Waals surface area contributed by atoms with Crippen molar-refractivity contribution in [3.8, 4) is 12.3 Å². The van der Waals surface area contributed by atoms with E-state index < -0.39 is 18.3 Å². The van der Waals surface area contributed by atoms with Crippen LogP contribution in [0, 0.1) is 12.3 Å². The van der Waals surface area contributed by atoms with E-state index in [4.69, 9.17) is 27.3 Å². The molecule has 0 amide bonds. The molecule has 1 aliphatic heterocycles. The van der Waals surface area contributed by atoms with Gasteiger partial charge in [0, 0.05) is 23.4 Å². The maximum atomic E-state index is 6.03. The van der Waals surface area contributed by atoms with Gasteiger partial charge in [-0.3, -0.25) is 4.98 Å². The second kappa shape index (κ2) is 4.27. The molecule has 0 saturated carbocycles. The summed E-state index contributed by atoms with van der Waals surface area (Å²) in [5.41, 5.74) is 0.450. The highest BCUT2D eigenvalue weighted by Crippen LogP contribution is 2.36. The highest BCUT2D eigenvalue weighted by atomic mass is 35.5. The third kappa shape index (κ3) is 2.03. The summed E-state index contributed by atoms with van der Waals surface area (Å²) in [6, 6.07) is 0. The zero-order valence-electron chi connectivity index (χ0n) is 11.0. The average Bonchev–Trinajstić information content (AvgIpc) is 2.47. The van der Waals surface area contributed by atoms with Crippen LogP contribution in [0.15, 0.2) is 12.4 Å². The normalized spacial score (nSPS) is 20.8. The topological polar surface area (TPSA) is 31.4 Å². The van der Waals surface area contributed by atoms with Crippen LogP contribution in [0.1, 0.15) is 33.3 Å².